The molecule has 0 saturated heterocycles. The van der Waals surface area contributed by atoms with E-state index in [0.717, 1.165) is 16.6 Å². The third kappa shape index (κ3) is 3.94. The van der Waals surface area contributed by atoms with E-state index in [1.807, 2.05) is 12.1 Å². The number of aliphatic hydroxyl groups excluding tert-OH is 1. The molecule has 0 aliphatic heterocycles. The Balaban J connectivity index is 1.89. The van der Waals surface area contributed by atoms with Gasteiger partial charge in [-0.3, -0.25) is 0 Å². The van der Waals surface area contributed by atoms with Crippen molar-refractivity contribution in [3.05, 3.63) is 56.7 Å². The van der Waals surface area contributed by atoms with Gasteiger partial charge in [0.25, 0.3) is 0 Å². The van der Waals surface area contributed by atoms with Crippen LogP contribution in [-0.4, -0.2) is 11.2 Å². The Bertz CT molecular complexity index is 480. The van der Waals surface area contributed by atoms with Crippen LogP contribution in [0.3, 0.4) is 0 Å². The molecule has 0 aliphatic carbocycles. The van der Waals surface area contributed by atoms with Crippen molar-refractivity contribution in [2.45, 2.75) is 31.8 Å². The summed E-state index contributed by atoms with van der Waals surface area (Å²) < 4.78 is 1.13. The minimum absolute atomic E-state index is 0.272. The van der Waals surface area contributed by atoms with Crippen LogP contribution in [0.5, 0.6) is 0 Å². The molecule has 96 valence electrons. The summed E-state index contributed by atoms with van der Waals surface area (Å²) in [6.07, 6.45) is 1.28. The highest BCUT2D eigenvalue weighted by Gasteiger charge is 2.13. The highest BCUT2D eigenvalue weighted by Crippen LogP contribution is 2.26. The Labute approximate surface area is 121 Å². The quantitative estimate of drug-likeness (QED) is 0.851. The van der Waals surface area contributed by atoms with Gasteiger partial charge in [0, 0.05) is 11.3 Å². The SMILES string of the molecule is CC(CC(O)Cc1ccc(Br)s1)c1ccccc1. The summed E-state index contributed by atoms with van der Waals surface area (Å²) in [5.74, 6) is 0.393. The molecule has 2 aromatic rings. The minimum Gasteiger partial charge on any atom is -0.393 e. The molecule has 0 spiro atoms. The third-order valence-corrected chi connectivity index (χ3v) is 4.71. The molecule has 1 N–H and O–H groups in total. The van der Waals surface area contributed by atoms with Gasteiger partial charge in [0.1, 0.15) is 0 Å². The van der Waals surface area contributed by atoms with E-state index in [1.54, 1.807) is 11.3 Å². The second-order valence-electron chi connectivity index (χ2n) is 4.61. The molecule has 0 amide bonds. The second-order valence-corrected chi connectivity index (χ2v) is 7.16. The topological polar surface area (TPSA) is 20.2 Å². The fraction of sp³-hybridized carbons (Fsp3) is 0.333. The van der Waals surface area contributed by atoms with Crippen molar-refractivity contribution in [1.29, 1.82) is 0 Å². The zero-order valence-corrected chi connectivity index (χ0v) is 12.7. The summed E-state index contributed by atoms with van der Waals surface area (Å²) in [7, 11) is 0. The van der Waals surface area contributed by atoms with Gasteiger partial charge >= 0.3 is 0 Å². The van der Waals surface area contributed by atoms with Gasteiger partial charge in [-0.05, 0) is 46.0 Å². The first-order valence-electron chi connectivity index (χ1n) is 6.12. The van der Waals surface area contributed by atoms with E-state index in [1.165, 1.54) is 10.4 Å². The predicted octanol–water partition coefficient (Wildman–Crippen LogP) is 4.61. The highest BCUT2D eigenvalue weighted by atomic mass is 79.9. The van der Waals surface area contributed by atoms with Crippen molar-refractivity contribution in [3.8, 4) is 0 Å². The summed E-state index contributed by atoms with van der Waals surface area (Å²) in [4.78, 5) is 1.23. The second kappa shape index (κ2) is 6.50. The van der Waals surface area contributed by atoms with Crippen molar-refractivity contribution < 1.29 is 5.11 Å². The number of hydrogen-bond donors (Lipinski definition) is 1. The molecule has 2 unspecified atom stereocenters. The van der Waals surface area contributed by atoms with Crippen LogP contribution in [0.1, 0.15) is 29.7 Å². The number of thiophene rings is 1. The highest BCUT2D eigenvalue weighted by molar-refractivity contribution is 9.11. The number of halogens is 1. The lowest BCUT2D eigenvalue weighted by Gasteiger charge is -2.16. The predicted molar refractivity (Wildman–Crippen MR) is 81.2 cm³/mol. The van der Waals surface area contributed by atoms with E-state index >= 15 is 0 Å². The maximum absolute atomic E-state index is 10.1. The standard InChI is InChI=1S/C15H17BrOS/c1-11(12-5-3-2-4-6-12)9-13(17)10-14-7-8-15(16)18-14/h2-8,11,13,17H,9-10H2,1H3. The molecule has 1 aromatic carbocycles. The van der Waals surface area contributed by atoms with E-state index in [2.05, 4.69) is 53.2 Å². The Morgan fingerprint density at radius 1 is 1.17 bits per heavy atom. The Hall–Kier alpha value is -0.640. The largest absolute Gasteiger partial charge is 0.393 e. The van der Waals surface area contributed by atoms with Crippen LogP contribution in [0.25, 0.3) is 0 Å². The van der Waals surface area contributed by atoms with Gasteiger partial charge in [-0.2, -0.15) is 0 Å². The number of hydrogen-bond acceptors (Lipinski definition) is 2. The first-order valence-corrected chi connectivity index (χ1v) is 7.73. The van der Waals surface area contributed by atoms with Gasteiger partial charge in [-0.25, -0.2) is 0 Å². The van der Waals surface area contributed by atoms with Crippen LogP contribution in [0, 0.1) is 0 Å². The Morgan fingerprint density at radius 3 is 2.50 bits per heavy atom. The summed E-state index contributed by atoms with van der Waals surface area (Å²) in [5.41, 5.74) is 1.30. The molecule has 0 bridgehead atoms. The van der Waals surface area contributed by atoms with Crippen LogP contribution in [-0.2, 0) is 6.42 Å². The smallest absolute Gasteiger partial charge is 0.0701 e. The average molecular weight is 325 g/mol. The molecule has 1 nitrogen and oxygen atoms in total. The maximum Gasteiger partial charge on any atom is 0.0701 e. The van der Waals surface area contributed by atoms with Crippen molar-refractivity contribution in [3.63, 3.8) is 0 Å². The molecular formula is C15H17BrOS. The summed E-state index contributed by atoms with van der Waals surface area (Å²) >= 11 is 5.14. The molecule has 1 heterocycles. The lowest BCUT2D eigenvalue weighted by Crippen LogP contribution is -2.13. The van der Waals surface area contributed by atoms with Gasteiger partial charge in [0.15, 0.2) is 0 Å². The number of benzene rings is 1. The van der Waals surface area contributed by atoms with Gasteiger partial charge in [-0.1, -0.05) is 37.3 Å². The summed E-state index contributed by atoms with van der Waals surface area (Å²) in [6.45, 7) is 2.17. The molecule has 0 aliphatic rings. The number of rotatable bonds is 5. The Kier molecular flexibility index (Phi) is 4.98. The molecule has 2 atom stereocenters. The van der Waals surface area contributed by atoms with Crippen molar-refractivity contribution in [1.82, 2.24) is 0 Å². The van der Waals surface area contributed by atoms with Crippen LogP contribution < -0.4 is 0 Å². The fourth-order valence-electron chi connectivity index (χ4n) is 2.10. The van der Waals surface area contributed by atoms with Gasteiger partial charge in [0.2, 0.25) is 0 Å². The van der Waals surface area contributed by atoms with Crippen LogP contribution in [0.15, 0.2) is 46.3 Å². The van der Waals surface area contributed by atoms with Crippen molar-refractivity contribution >= 4 is 27.3 Å². The Morgan fingerprint density at radius 2 is 1.89 bits per heavy atom. The summed E-state index contributed by atoms with van der Waals surface area (Å²) in [6, 6.07) is 14.5. The molecule has 0 saturated carbocycles. The molecule has 18 heavy (non-hydrogen) atoms. The maximum atomic E-state index is 10.1. The number of aliphatic hydroxyl groups is 1. The lowest BCUT2D eigenvalue weighted by atomic mass is 9.94. The molecule has 1 aromatic heterocycles. The first-order chi connectivity index (χ1) is 8.65. The fourth-order valence-corrected chi connectivity index (χ4v) is 3.66. The van der Waals surface area contributed by atoms with Gasteiger partial charge in [0.05, 0.1) is 9.89 Å². The van der Waals surface area contributed by atoms with Gasteiger partial charge in [-0.15, -0.1) is 11.3 Å². The monoisotopic (exact) mass is 324 g/mol. The molecular weight excluding hydrogens is 308 g/mol. The normalized spacial score (nSPS) is 14.4. The zero-order valence-electron chi connectivity index (χ0n) is 10.3. The van der Waals surface area contributed by atoms with E-state index < -0.39 is 0 Å². The lowest BCUT2D eigenvalue weighted by molar-refractivity contribution is 0.158. The molecule has 3 heteroatoms. The molecule has 0 fully saturated rings. The van der Waals surface area contributed by atoms with Crippen molar-refractivity contribution in [2.24, 2.45) is 0 Å². The molecule has 0 radical (unpaired) electrons. The molecule has 2 rings (SSSR count). The minimum atomic E-state index is -0.272. The van der Waals surface area contributed by atoms with Crippen molar-refractivity contribution in [2.75, 3.05) is 0 Å². The summed E-state index contributed by atoms with van der Waals surface area (Å²) in [5, 5.41) is 10.1. The van der Waals surface area contributed by atoms with E-state index in [0.29, 0.717) is 5.92 Å². The van der Waals surface area contributed by atoms with E-state index in [4.69, 9.17) is 0 Å². The van der Waals surface area contributed by atoms with Crippen LogP contribution in [0.4, 0.5) is 0 Å². The van der Waals surface area contributed by atoms with E-state index in [-0.39, 0.29) is 6.10 Å². The average Bonchev–Trinajstić information content (AvgIpc) is 2.75. The third-order valence-electron chi connectivity index (χ3n) is 3.06. The zero-order chi connectivity index (χ0) is 13.0. The van der Waals surface area contributed by atoms with Crippen LogP contribution >= 0.6 is 27.3 Å². The first kappa shape index (κ1) is 13.8. The van der Waals surface area contributed by atoms with E-state index in [9.17, 15) is 5.11 Å². The van der Waals surface area contributed by atoms with Gasteiger partial charge < -0.3 is 5.11 Å². The van der Waals surface area contributed by atoms with Crippen LogP contribution in [0.2, 0.25) is 0 Å².